The van der Waals surface area contributed by atoms with Gasteiger partial charge in [-0.15, -0.1) is 12.4 Å². The van der Waals surface area contributed by atoms with Crippen molar-refractivity contribution in [1.82, 2.24) is 15.5 Å². The van der Waals surface area contributed by atoms with Crippen molar-refractivity contribution in [1.29, 1.82) is 0 Å². The molecule has 0 aromatic heterocycles. The van der Waals surface area contributed by atoms with E-state index in [1.807, 2.05) is 6.92 Å². The molecule has 0 saturated carbocycles. The lowest BCUT2D eigenvalue weighted by atomic mass is 10.2. The monoisotopic (exact) mass is 365 g/mol. The Hall–Kier alpha value is -1.01. The predicted octanol–water partition coefficient (Wildman–Crippen LogP) is 1.97. The summed E-state index contributed by atoms with van der Waals surface area (Å²) in [5, 5.41) is 6.52. The molecule has 1 aliphatic rings. The second-order valence-corrected chi connectivity index (χ2v) is 5.77. The summed E-state index contributed by atoms with van der Waals surface area (Å²) in [4.78, 5) is 25.9. The van der Waals surface area contributed by atoms with Crippen molar-refractivity contribution >= 4 is 47.4 Å². The van der Waals surface area contributed by atoms with Gasteiger partial charge in [-0.1, -0.05) is 23.2 Å². The minimum absolute atomic E-state index is 0. The first-order valence-electron chi connectivity index (χ1n) is 6.72. The van der Waals surface area contributed by atoms with Gasteiger partial charge in [0.2, 0.25) is 5.91 Å². The molecule has 1 atom stereocenters. The lowest BCUT2D eigenvalue weighted by molar-refractivity contribution is -0.132. The van der Waals surface area contributed by atoms with Gasteiger partial charge in [0.1, 0.15) is 0 Å². The van der Waals surface area contributed by atoms with Gasteiger partial charge in [-0.2, -0.15) is 0 Å². The van der Waals surface area contributed by atoms with Crippen LogP contribution in [0.2, 0.25) is 10.0 Å². The molecular formula is C14H18Cl3N3O2. The highest BCUT2D eigenvalue weighted by Gasteiger charge is 2.23. The van der Waals surface area contributed by atoms with E-state index in [2.05, 4.69) is 10.6 Å². The number of benzene rings is 1. The van der Waals surface area contributed by atoms with Gasteiger partial charge in [0, 0.05) is 31.2 Å². The van der Waals surface area contributed by atoms with E-state index in [1.54, 1.807) is 17.0 Å². The van der Waals surface area contributed by atoms with E-state index >= 15 is 0 Å². The van der Waals surface area contributed by atoms with Gasteiger partial charge >= 0.3 is 0 Å². The van der Waals surface area contributed by atoms with Crippen LogP contribution in [0.5, 0.6) is 0 Å². The molecule has 1 saturated heterocycles. The molecule has 2 N–H and O–H groups in total. The smallest absolute Gasteiger partial charge is 0.251 e. The minimum atomic E-state index is -0.343. The van der Waals surface area contributed by atoms with Gasteiger partial charge < -0.3 is 15.5 Å². The van der Waals surface area contributed by atoms with E-state index in [0.717, 1.165) is 13.1 Å². The third kappa shape index (κ3) is 4.74. The van der Waals surface area contributed by atoms with Crippen LogP contribution in [0.25, 0.3) is 0 Å². The number of rotatable bonds is 3. The maximum Gasteiger partial charge on any atom is 0.251 e. The van der Waals surface area contributed by atoms with E-state index in [1.165, 1.54) is 6.07 Å². The highest BCUT2D eigenvalue weighted by atomic mass is 35.5. The molecule has 1 fully saturated rings. The molecule has 0 aliphatic carbocycles. The average molecular weight is 367 g/mol. The molecule has 8 heteroatoms. The van der Waals surface area contributed by atoms with E-state index in [0.29, 0.717) is 22.2 Å². The molecular weight excluding hydrogens is 349 g/mol. The van der Waals surface area contributed by atoms with Crippen LogP contribution < -0.4 is 10.6 Å². The SMILES string of the molecule is C[C@@H]1CNCCN1C(=O)CNC(=O)c1ccc(Cl)c(Cl)c1.Cl. The number of carbonyl (C=O) groups is 2. The van der Waals surface area contributed by atoms with Crippen LogP contribution in [0.15, 0.2) is 18.2 Å². The third-order valence-electron chi connectivity index (χ3n) is 3.40. The molecule has 2 rings (SSSR count). The molecule has 2 amide bonds. The first-order valence-corrected chi connectivity index (χ1v) is 7.48. The molecule has 22 heavy (non-hydrogen) atoms. The van der Waals surface area contributed by atoms with Crippen LogP contribution >= 0.6 is 35.6 Å². The first kappa shape index (κ1) is 19.0. The van der Waals surface area contributed by atoms with Gasteiger partial charge in [-0.3, -0.25) is 9.59 Å². The summed E-state index contributed by atoms with van der Waals surface area (Å²) in [6.45, 7) is 4.15. The quantitative estimate of drug-likeness (QED) is 0.860. The summed E-state index contributed by atoms with van der Waals surface area (Å²) < 4.78 is 0. The Morgan fingerprint density at radius 1 is 1.36 bits per heavy atom. The van der Waals surface area contributed by atoms with Crippen LogP contribution in [0.1, 0.15) is 17.3 Å². The molecule has 0 unspecified atom stereocenters. The largest absolute Gasteiger partial charge is 0.343 e. The summed E-state index contributed by atoms with van der Waals surface area (Å²) in [5.41, 5.74) is 0.380. The zero-order valence-corrected chi connectivity index (χ0v) is 14.4. The molecule has 0 radical (unpaired) electrons. The molecule has 1 aliphatic heterocycles. The topological polar surface area (TPSA) is 61.4 Å². The molecule has 0 bridgehead atoms. The Morgan fingerprint density at radius 2 is 2.09 bits per heavy atom. The summed E-state index contributed by atoms with van der Waals surface area (Å²) in [5.74, 6) is -0.429. The summed E-state index contributed by atoms with van der Waals surface area (Å²) in [6, 6.07) is 4.74. The molecule has 1 heterocycles. The predicted molar refractivity (Wildman–Crippen MR) is 90.1 cm³/mol. The van der Waals surface area contributed by atoms with Crippen LogP contribution in [-0.2, 0) is 4.79 Å². The molecule has 5 nitrogen and oxygen atoms in total. The zero-order valence-electron chi connectivity index (χ0n) is 12.1. The van der Waals surface area contributed by atoms with Crippen molar-refractivity contribution in [3.63, 3.8) is 0 Å². The number of nitrogens with zero attached hydrogens (tertiary/aromatic N) is 1. The van der Waals surface area contributed by atoms with Crippen molar-refractivity contribution in [2.75, 3.05) is 26.2 Å². The molecule has 1 aromatic carbocycles. The Balaban J connectivity index is 0.00000242. The van der Waals surface area contributed by atoms with Crippen molar-refractivity contribution in [2.24, 2.45) is 0 Å². The van der Waals surface area contributed by atoms with Crippen LogP contribution in [0.3, 0.4) is 0 Å². The highest BCUT2D eigenvalue weighted by Crippen LogP contribution is 2.22. The van der Waals surface area contributed by atoms with Gasteiger partial charge in [-0.25, -0.2) is 0 Å². The normalized spacial score (nSPS) is 17.6. The third-order valence-corrected chi connectivity index (χ3v) is 4.14. The van der Waals surface area contributed by atoms with Crippen molar-refractivity contribution in [2.45, 2.75) is 13.0 Å². The maximum absolute atomic E-state index is 12.1. The number of hydrogen-bond donors (Lipinski definition) is 2. The maximum atomic E-state index is 12.1. The van der Waals surface area contributed by atoms with Crippen LogP contribution in [-0.4, -0.2) is 48.9 Å². The summed E-state index contributed by atoms with van der Waals surface area (Å²) >= 11 is 11.7. The number of hydrogen-bond acceptors (Lipinski definition) is 3. The molecule has 0 spiro atoms. The fourth-order valence-electron chi connectivity index (χ4n) is 2.21. The van der Waals surface area contributed by atoms with Crippen LogP contribution in [0.4, 0.5) is 0 Å². The first-order chi connectivity index (χ1) is 9.99. The number of carbonyl (C=O) groups excluding carboxylic acids is 2. The van der Waals surface area contributed by atoms with E-state index < -0.39 is 0 Å². The summed E-state index contributed by atoms with van der Waals surface area (Å²) in [6.07, 6.45) is 0. The van der Waals surface area contributed by atoms with E-state index in [4.69, 9.17) is 23.2 Å². The van der Waals surface area contributed by atoms with Gasteiger partial charge in [0.25, 0.3) is 5.91 Å². The molecule has 1 aromatic rings. The second kappa shape index (κ2) is 8.58. The fraction of sp³-hybridized carbons (Fsp3) is 0.429. The average Bonchev–Trinajstić information content (AvgIpc) is 2.47. The minimum Gasteiger partial charge on any atom is -0.343 e. The second-order valence-electron chi connectivity index (χ2n) is 4.95. The van der Waals surface area contributed by atoms with Crippen LogP contribution in [0, 0.1) is 0 Å². The number of piperazine rings is 1. The Kier molecular flexibility index (Phi) is 7.42. The number of nitrogens with one attached hydrogen (secondary N) is 2. The fourth-order valence-corrected chi connectivity index (χ4v) is 2.51. The standard InChI is InChI=1S/C14H17Cl2N3O2.ClH/c1-9-7-17-4-5-19(9)13(20)8-18-14(21)10-2-3-11(15)12(16)6-10;/h2-3,6,9,17H,4-5,7-8H2,1H3,(H,18,21);1H/t9-;/m1./s1. The Bertz CT molecular complexity index is 554. The Labute approximate surface area is 145 Å². The van der Waals surface area contributed by atoms with E-state index in [-0.39, 0.29) is 36.8 Å². The number of halogens is 3. The van der Waals surface area contributed by atoms with Gasteiger partial charge in [0.05, 0.1) is 16.6 Å². The summed E-state index contributed by atoms with van der Waals surface area (Å²) in [7, 11) is 0. The van der Waals surface area contributed by atoms with Crippen molar-refractivity contribution in [3.8, 4) is 0 Å². The number of amides is 2. The van der Waals surface area contributed by atoms with Crippen molar-refractivity contribution in [3.05, 3.63) is 33.8 Å². The van der Waals surface area contributed by atoms with Gasteiger partial charge in [-0.05, 0) is 25.1 Å². The van der Waals surface area contributed by atoms with E-state index in [9.17, 15) is 9.59 Å². The van der Waals surface area contributed by atoms with Crippen molar-refractivity contribution < 1.29 is 9.59 Å². The Morgan fingerprint density at radius 3 is 2.73 bits per heavy atom. The zero-order chi connectivity index (χ0) is 15.4. The lowest BCUT2D eigenvalue weighted by Gasteiger charge is -2.34. The van der Waals surface area contributed by atoms with Gasteiger partial charge in [0.15, 0.2) is 0 Å². The highest BCUT2D eigenvalue weighted by molar-refractivity contribution is 6.42. The molecule has 122 valence electrons. The lowest BCUT2D eigenvalue weighted by Crippen LogP contribution is -2.54.